The van der Waals surface area contributed by atoms with Gasteiger partial charge in [0.25, 0.3) is 0 Å². The minimum Gasteiger partial charge on any atom is -0.390 e. The zero-order chi connectivity index (χ0) is 8.10. The molecule has 0 aliphatic rings. The summed E-state index contributed by atoms with van der Waals surface area (Å²) in [5, 5.41) is 8.68. The number of hydrogen-bond acceptors (Lipinski definition) is 2. The van der Waals surface area contributed by atoms with Crippen LogP contribution in [-0.4, -0.2) is 14.7 Å². The number of imidazole rings is 1. The Balaban J connectivity index is 2.58. The van der Waals surface area contributed by atoms with Crippen molar-refractivity contribution in [1.29, 1.82) is 0 Å². The molecule has 3 heteroatoms. The van der Waals surface area contributed by atoms with E-state index in [1.54, 1.807) is 6.33 Å². The van der Waals surface area contributed by atoms with Crippen LogP contribution in [0, 0.1) is 0 Å². The minimum atomic E-state index is 0.0167. The maximum Gasteiger partial charge on any atom is 0.0953 e. The molecule has 0 saturated carbocycles. The van der Waals surface area contributed by atoms with Gasteiger partial charge in [-0.3, -0.25) is 0 Å². The fraction of sp³-hybridized carbons (Fsp3) is 0.375. The quantitative estimate of drug-likeness (QED) is 0.655. The first-order chi connectivity index (χ1) is 5.36. The highest BCUT2D eigenvalue weighted by atomic mass is 16.3. The van der Waals surface area contributed by atoms with Crippen molar-refractivity contribution in [2.24, 2.45) is 0 Å². The van der Waals surface area contributed by atoms with Crippen molar-refractivity contribution in [2.75, 3.05) is 0 Å². The van der Waals surface area contributed by atoms with Crippen molar-refractivity contribution >= 4 is 0 Å². The number of aromatic nitrogens is 2. The molecule has 60 valence electrons. The average Bonchev–Trinajstić information content (AvgIpc) is 2.48. The zero-order valence-corrected chi connectivity index (χ0v) is 6.57. The van der Waals surface area contributed by atoms with E-state index in [2.05, 4.69) is 4.98 Å². The second kappa shape index (κ2) is 3.93. The summed E-state index contributed by atoms with van der Waals surface area (Å²) >= 11 is 0. The van der Waals surface area contributed by atoms with E-state index in [0.29, 0.717) is 0 Å². The Labute approximate surface area is 66.0 Å². The molecule has 0 fully saturated rings. The summed E-state index contributed by atoms with van der Waals surface area (Å²) in [6.45, 7) is 2.82. The fourth-order valence-electron chi connectivity index (χ4n) is 0.815. The summed E-state index contributed by atoms with van der Waals surface area (Å²) in [7, 11) is 0. The van der Waals surface area contributed by atoms with Gasteiger partial charge >= 0.3 is 0 Å². The van der Waals surface area contributed by atoms with E-state index in [1.807, 2.05) is 29.8 Å². The predicted molar refractivity (Wildman–Crippen MR) is 43.0 cm³/mol. The van der Waals surface area contributed by atoms with Gasteiger partial charge in [0.2, 0.25) is 0 Å². The Kier molecular flexibility index (Phi) is 2.86. The molecule has 0 atom stereocenters. The maximum atomic E-state index is 8.68. The van der Waals surface area contributed by atoms with E-state index >= 15 is 0 Å². The highest BCUT2D eigenvalue weighted by molar-refractivity contribution is 4.95. The van der Waals surface area contributed by atoms with E-state index in [0.717, 1.165) is 12.2 Å². The molecule has 0 unspecified atom stereocenters. The van der Waals surface area contributed by atoms with Crippen LogP contribution < -0.4 is 0 Å². The fourth-order valence-corrected chi connectivity index (χ4v) is 0.815. The Hall–Kier alpha value is -1.09. The lowest BCUT2D eigenvalue weighted by molar-refractivity contribution is 0.277. The average molecular weight is 152 g/mol. The first kappa shape index (κ1) is 8.01. The van der Waals surface area contributed by atoms with Gasteiger partial charge in [0, 0.05) is 12.7 Å². The molecule has 0 bridgehead atoms. The van der Waals surface area contributed by atoms with Crippen molar-refractivity contribution in [1.82, 2.24) is 9.55 Å². The molecule has 0 aliphatic heterocycles. The standard InChI is InChI=1S/C8H12N2O/c1-2-3-4-10-5-8(6-11)9-7-10/h2-3,5,7,11H,4,6H2,1H3/b3-2+. The summed E-state index contributed by atoms with van der Waals surface area (Å²) in [5.41, 5.74) is 0.717. The van der Waals surface area contributed by atoms with Gasteiger partial charge in [-0.05, 0) is 6.92 Å². The molecule has 3 nitrogen and oxygen atoms in total. The Morgan fingerprint density at radius 3 is 3.09 bits per heavy atom. The van der Waals surface area contributed by atoms with Crippen LogP contribution in [0.15, 0.2) is 24.7 Å². The van der Waals surface area contributed by atoms with Gasteiger partial charge in [-0.15, -0.1) is 0 Å². The lowest BCUT2D eigenvalue weighted by Crippen LogP contribution is -1.89. The van der Waals surface area contributed by atoms with Gasteiger partial charge in [0.1, 0.15) is 0 Å². The number of rotatable bonds is 3. The summed E-state index contributed by atoms with van der Waals surface area (Å²) in [4.78, 5) is 3.97. The lowest BCUT2D eigenvalue weighted by atomic mass is 10.5. The third-order valence-electron chi connectivity index (χ3n) is 1.40. The first-order valence-electron chi connectivity index (χ1n) is 3.59. The van der Waals surface area contributed by atoms with E-state index in [-0.39, 0.29) is 6.61 Å². The Bertz CT molecular complexity index is 240. The Morgan fingerprint density at radius 2 is 2.55 bits per heavy atom. The number of aliphatic hydroxyl groups excluding tert-OH is 1. The van der Waals surface area contributed by atoms with E-state index in [4.69, 9.17) is 5.11 Å². The number of hydrogen-bond donors (Lipinski definition) is 1. The van der Waals surface area contributed by atoms with Crippen LogP contribution in [0.25, 0.3) is 0 Å². The summed E-state index contributed by atoms with van der Waals surface area (Å²) < 4.78 is 1.92. The van der Waals surface area contributed by atoms with Crippen LogP contribution >= 0.6 is 0 Å². The molecule has 1 aromatic rings. The van der Waals surface area contributed by atoms with Gasteiger partial charge in [-0.2, -0.15) is 0 Å². The van der Waals surface area contributed by atoms with Crippen molar-refractivity contribution < 1.29 is 5.11 Å². The first-order valence-corrected chi connectivity index (χ1v) is 3.59. The van der Waals surface area contributed by atoms with E-state index in [9.17, 15) is 0 Å². The van der Waals surface area contributed by atoms with Crippen LogP contribution in [0.2, 0.25) is 0 Å². The van der Waals surface area contributed by atoms with Gasteiger partial charge in [0.05, 0.1) is 18.6 Å². The number of nitrogens with zero attached hydrogens (tertiary/aromatic N) is 2. The molecule has 0 radical (unpaired) electrons. The molecular formula is C8H12N2O. The largest absolute Gasteiger partial charge is 0.390 e. The summed E-state index contributed by atoms with van der Waals surface area (Å²) in [5.74, 6) is 0. The molecule has 11 heavy (non-hydrogen) atoms. The molecular weight excluding hydrogens is 140 g/mol. The van der Waals surface area contributed by atoms with Crippen LogP contribution in [0.3, 0.4) is 0 Å². The van der Waals surface area contributed by atoms with Crippen LogP contribution in [0.5, 0.6) is 0 Å². The normalized spacial score (nSPS) is 11.1. The zero-order valence-electron chi connectivity index (χ0n) is 6.57. The maximum absolute atomic E-state index is 8.68. The Morgan fingerprint density at radius 1 is 1.73 bits per heavy atom. The highest BCUT2D eigenvalue weighted by Gasteiger charge is 1.93. The lowest BCUT2D eigenvalue weighted by Gasteiger charge is -1.92. The molecule has 0 aromatic carbocycles. The number of aliphatic hydroxyl groups is 1. The molecule has 0 spiro atoms. The van der Waals surface area contributed by atoms with Gasteiger partial charge in [0.15, 0.2) is 0 Å². The molecule has 1 aromatic heterocycles. The van der Waals surface area contributed by atoms with Crippen molar-refractivity contribution in [2.45, 2.75) is 20.1 Å². The van der Waals surface area contributed by atoms with E-state index in [1.165, 1.54) is 0 Å². The van der Waals surface area contributed by atoms with Crippen LogP contribution in [-0.2, 0) is 13.2 Å². The van der Waals surface area contributed by atoms with Crippen molar-refractivity contribution in [3.63, 3.8) is 0 Å². The summed E-state index contributed by atoms with van der Waals surface area (Å²) in [6, 6.07) is 0. The van der Waals surface area contributed by atoms with Gasteiger partial charge in [-0.25, -0.2) is 4.98 Å². The topological polar surface area (TPSA) is 38.0 Å². The smallest absolute Gasteiger partial charge is 0.0953 e. The van der Waals surface area contributed by atoms with E-state index < -0.39 is 0 Å². The third kappa shape index (κ3) is 2.20. The molecule has 1 rings (SSSR count). The molecule has 1 N–H and O–H groups in total. The molecule has 0 amide bonds. The molecule has 1 heterocycles. The van der Waals surface area contributed by atoms with Crippen LogP contribution in [0.1, 0.15) is 12.6 Å². The molecule has 0 saturated heterocycles. The van der Waals surface area contributed by atoms with Gasteiger partial charge < -0.3 is 9.67 Å². The minimum absolute atomic E-state index is 0.0167. The SMILES string of the molecule is C/C=C/Cn1cnc(CO)c1. The van der Waals surface area contributed by atoms with Crippen LogP contribution in [0.4, 0.5) is 0 Å². The highest BCUT2D eigenvalue weighted by Crippen LogP contribution is 1.95. The van der Waals surface area contributed by atoms with Crippen molar-refractivity contribution in [3.8, 4) is 0 Å². The monoisotopic (exact) mass is 152 g/mol. The molecule has 0 aliphatic carbocycles. The third-order valence-corrected chi connectivity index (χ3v) is 1.40. The second-order valence-electron chi connectivity index (χ2n) is 2.29. The predicted octanol–water partition coefficient (Wildman–Crippen LogP) is 0.952. The van der Waals surface area contributed by atoms with Crippen molar-refractivity contribution in [3.05, 3.63) is 30.4 Å². The number of allylic oxidation sites excluding steroid dienone is 2. The summed E-state index contributed by atoms with van der Waals surface area (Å²) in [6.07, 6.45) is 7.56. The second-order valence-corrected chi connectivity index (χ2v) is 2.29. The van der Waals surface area contributed by atoms with Gasteiger partial charge in [-0.1, -0.05) is 12.2 Å².